The third-order valence-corrected chi connectivity index (χ3v) is 6.30. The van der Waals surface area contributed by atoms with Crippen LogP contribution in [-0.2, 0) is 17.6 Å². The number of aromatic nitrogens is 2. The third kappa shape index (κ3) is 4.00. The number of anilines is 3. The van der Waals surface area contributed by atoms with Crippen molar-refractivity contribution in [3.8, 4) is 0 Å². The molecule has 0 amide bonds. The van der Waals surface area contributed by atoms with Crippen LogP contribution in [0.1, 0.15) is 35.6 Å². The lowest BCUT2D eigenvalue weighted by Crippen LogP contribution is -2.39. The number of fused-ring (bicyclic) bond motifs is 1. The first-order chi connectivity index (χ1) is 14.8. The van der Waals surface area contributed by atoms with Gasteiger partial charge in [0.05, 0.1) is 6.61 Å². The van der Waals surface area contributed by atoms with Crippen molar-refractivity contribution in [2.75, 3.05) is 29.9 Å². The number of halogens is 1. The molecular formula is C24H25ClN4O. The molecule has 1 unspecified atom stereocenters. The first-order valence-electron chi connectivity index (χ1n) is 10.6. The molecule has 1 N–H and O–H groups in total. The second kappa shape index (κ2) is 8.62. The molecule has 30 heavy (non-hydrogen) atoms. The smallest absolute Gasteiger partial charge is 0.135 e. The summed E-state index contributed by atoms with van der Waals surface area (Å²) >= 11 is 6.39. The van der Waals surface area contributed by atoms with Crippen molar-refractivity contribution in [1.29, 1.82) is 0 Å². The molecule has 0 spiro atoms. The number of aryl methyl sites for hydroxylation is 1. The van der Waals surface area contributed by atoms with Crippen LogP contribution < -0.4 is 10.2 Å². The highest BCUT2D eigenvalue weighted by molar-refractivity contribution is 6.31. The summed E-state index contributed by atoms with van der Waals surface area (Å²) in [5, 5.41) is 4.27. The van der Waals surface area contributed by atoms with Gasteiger partial charge in [0.2, 0.25) is 0 Å². The van der Waals surface area contributed by atoms with Crippen molar-refractivity contribution >= 4 is 28.9 Å². The van der Waals surface area contributed by atoms with E-state index in [0.29, 0.717) is 13.2 Å². The molecule has 5 nitrogen and oxygen atoms in total. The lowest BCUT2D eigenvalue weighted by molar-refractivity contribution is 0.0396. The second-order valence-electron chi connectivity index (χ2n) is 7.86. The average Bonchev–Trinajstić information content (AvgIpc) is 2.80. The molecule has 5 rings (SSSR count). The Kier molecular flexibility index (Phi) is 5.56. The van der Waals surface area contributed by atoms with Crippen LogP contribution in [0, 0.1) is 0 Å². The van der Waals surface area contributed by atoms with Crippen molar-refractivity contribution in [2.45, 2.75) is 31.8 Å². The van der Waals surface area contributed by atoms with Crippen molar-refractivity contribution in [2.24, 2.45) is 0 Å². The average molecular weight is 421 g/mol. The minimum absolute atomic E-state index is 0.0695. The predicted molar refractivity (Wildman–Crippen MR) is 121 cm³/mol. The van der Waals surface area contributed by atoms with Crippen LogP contribution in [-0.4, -0.2) is 29.7 Å². The van der Waals surface area contributed by atoms with Gasteiger partial charge in [0.25, 0.3) is 0 Å². The molecule has 3 aromatic rings. The normalized spacial score (nSPS) is 18.7. The molecule has 1 atom stereocenters. The van der Waals surface area contributed by atoms with E-state index in [-0.39, 0.29) is 6.10 Å². The molecule has 6 heteroatoms. The number of rotatable bonds is 4. The van der Waals surface area contributed by atoms with Crippen molar-refractivity contribution < 1.29 is 4.74 Å². The topological polar surface area (TPSA) is 50.3 Å². The second-order valence-corrected chi connectivity index (χ2v) is 8.27. The minimum atomic E-state index is -0.0695. The Bertz CT molecular complexity index is 1040. The van der Waals surface area contributed by atoms with Crippen LogP contribution in [0.25, 0.3) is 0 Å². The van der Waals surface area contributed by atoms with Crippen LogP contribution in [0.3, 0.4) is 0 Å². The summed E-state index contributed by atoms with van der Waals surface area (Å²) in [5.41, 5.74) is 5.06. The number of hydrogen-bond donors (Lipinski definition) is 1. The van der Waals surface area contributed by atoms with Gasteiger partial charge in [-0.25, -0.2) is 9.97 Å². The highest BCUT2D eigenvalue weighted by Crippen LogP contribution is 2.32. The fraction of sp³-hybridized carbons (Fsp3) is 0.333. The first kappa shape index (κ1) is 19.3. The highest BCUT2D eigenvalue weighted by Gasteiger charge is 2.25. The van der Waals surface area contributed by atoms with E-state index in [4.69, 9.17) is 16.3 Å². The molecule has 2 aliphatic rings. The molecule has 0 radical (unpaired) electrons. The number of hydrogen-bond acceptors (Lipinski definition) is 5. The molecule has 1 aliphatic heterocycles. The van der Waals surface area contributed by atoms with Crippen LogP contribution in [0.2, 0.25) is 5.02 Å². The SMILES string of the molecule is Clc1ccccc1C1CN(c2cc(Nc3cccc4c3CCCC4)ncn2)CCO1. The van der Waals surface area contributed by atoms with E-state index in [2.05, 4.69) is 38.4 Å². The van der Waals surface area contributed by atoms with E-state index in [1.807, 2.05) is 30.3 Å². The summed E-state index contributed by atoms with van der Waals surface area (Å²) in [4.78, 5) is 11.2. The Morgan fingerprint density at radius 3 is 2.87 bits per heavy atom. The van der Waals surface area contributed by atoms with E-state index in [9.17, 15) is 0 Å². The number of nitrogens with zero attached hydrogens (tertiary/aromatic N) is 3. The zero-order valence-corrected chi connectivity index (χ0v) is 17.6. The Morgan fingerprint density at radius 1 is 1.03 bits per heavy atom. The Labute approximate surface area is 182 Å². The molecular weight excluding hydrogens is 396 g/mol. The molecule has 154 valence electrons. The molecule has 0 bridgehead atoms. The van der Waals surface area contributed by atoms with Crippen molar-refractivity contribution in [1.82, 2.24) is 9.97 Å². The molecule has 1 aliphatic carbocycles. The predicted octanol–water partition coefficient (Wildman–Crippen LogP) is 5.33. The van der Waals surface area contributed by atoms with Gasteiger partial charge in [-0.3, -0.25) is 0 Å². The van der Waals surface area contributed by atoms with E-state index >= 15 is 0 Å². The van der Waals surface area contributed by atoms with Crippen molar-refractivity contribution in [3.05, 3.63) is 76.6 Å². The molecule has 1 fully saturated rings. The largest absolute Gasteiger partial charge is 0.370 e. The van der Waals surface area contributed by atoms with Gasteiger partial charge >= 0.3 is 0 Å². The molecule has 2 aromatic carbocycles. The van der Waals surface area contributed by atoms with Gasteiger partial charge in [0.1, 0.15) is 24.1 Å². The quantitative estimate of drug-likeness (QED) is 0.618. The zero-order chi connectivity index (χ0) is 20.3. The van der Waals surface area contributed by atoms with Gasteiger partial charge in [-0.15, -0.1) is 0 Å². The van der Waals surface area contributed by atoms with Crippen molar-refractivity contribution in [3.63, 3.8) is 0 Å². The summed E-state index contributed by atoms with van der Waals surface area (Å²) in [6.07, 6.45) is 6.37. The van der Waals surface area contributed by atoms with Crippen LogP contribution >= 0.6 is 11.6 Å². The fourth-order valence-corrected chi connectivity index (χ4v) is 4.66. The highest BCUT2D eigenvalue weighted by atomic mass is 35.5. The maximum absolute atomic E-state index is 6.39. The maximum Gasteiger partial charge on any atom is 0.135 e. The summed E-state index contributed by atoms with van der Waals surface area (Å²) < 4.78 is 6.00. The van der Waals surface area contributed by atoms with E-state index in [0.717, 1.165) is 47.3 Å². The lowest BCUT2D eigenvalue weighted by atomic mass is 9.90. The van der Waals surface area contributed by atoms with Gasteiger partial charge in [0.15, 0.2) is 0 Å². The van der Waals surface area contributed by atoms with E-state index < -0.39 is 0 Å². The summed E-state index contributed by atoms with van der Waals surface area (Å²) in [6.45, 7) is 2.13. The lowest BCUT2D eigenvalue weighted by Gasteiger charge is -2.34. The van der Waals surface area contributed by atoms with Gasteiger partial charge in [-0.1, -0.05) is 41.9 Å². The standard InChI is InChI=1S/C24H25ClN4O/c25-20-10-4-3-9-19(20)22-15-29(12-13-30-22)24-14-23(26-16-27-24)28-21-11-5-7-17-6-1-2-8-18(17)21/h3-5,7,9-11,14,16,22H,1-2,6,8,12-13,15H2,(H,26,27,28). The molecule has 2 heterocycles. The summed E-state index contributed by atoms with van der Waals surface area (Å²) in [7, 11) is 0. The Balaban J connectivity index is 1.36. The van der Waals surface area contributed by atoms with Gasteiger partial charge in [-0.2, -0.15) is 0 Å². The van der Waals surface area contributed by atoms with Gasteiger partial charge in [-0.05, 0) is 48.9 Å². The van der Waals surface area contributed by atoms with E-state index in [1.54, 1.807) is 6.33 Å². The van der Waals surface area contributed by atoms with Gasteiger partial charge < -0.3 is 15.0 Å². The third-order valence-electron chi connectivity index (χ3n) is 5.95. The monoisotopic (exact) mass is 420 g/mol. The van der Waals surface area contributed by atoms with E-state index in [1.165, 1.54) is 24.0 Å². The van der Waals surface area contributed by atoms with Gasteiger partial charge in [0, 0.05) is 35.4 Å². The number of morpholine rings is 1. The number of nitrogens with one attached hydrogen (secondary N) is 1. The van der Waals surface area contributed by atoms with Crippen LogP contribution in [0.5, 0.6) is 0 Å². The summed E-state index contributed by atoms with van der Waals surface area (Å²) in [6, 6.07) is 16.4. The number of ether oxygens (including phenoxy) is 1. The van der Waals surface area contributed by atoms with Crippen LogP contribution in [0.4, 0.5) is 17.3 Å². The molecule has 0 saturated carbocycles. The maximum atomic E-state index is 6.39. The first-order valence-corrected chi connectivity index (χ1v) is 11.0. The fourth-order valence-electron chi connectivity index (χ4n) is 4.41. The number of benzene rings is 2. The summed E-state index contributed by atoms with van der Waals surface area (Å²) in [5.74, 6) is 1.72. The Hall–Kier alpha value is -2.63. The molecule has 1 aromatic heterocycles. The molecule has 1 saturated heterocycles. The minimum Gasteiger partial charge on any atom is -0.370 e. The van der Waals surface area contributed by atoms with Crippen LogP contribution in [0.15, 0.2) is 54.9 Å². The zero-order valence-electron chi connectivity index (χ0n) is 16.9. The Morgan fingerprint density at radius 2 is 1.93 bits per heavy atom.